The molecule has 0 spiro atoms. The molecule has 0 atom stereocenters. The minimum atomic E-state index is 0.627. The lowest BCUT2D eigenvalue weighted by Crippen LogP contribution is -2.00. The lowest BCUT2D eigenvalue weighted by molar-refractivity contribution is 1.07. The number of fused-ring (bicyclic) bond motifs is 7. The highest BCUT2D eigenvalue weighted by molar-refractivity contribution is 6.20. The van der Waals surface area contributed by atoms with Gasteiger partial charge < -0.3 is 13.7 Å². The minimum absolute atomic E-state index is 0.627. The number of hydrogen-bond donors (Lipinski definition) is 0. The van der Waals surface area contributed by atoms with Gasteiger partial charge in [0.25, 0.3) is 0 Å². The molecule has 0 saturated carbocycles. The number of hydrogen-bond acceptors (Lipinski definition) is 3. The van der Waals surface area contributed by atoms with Crippen molar-refractivity contribution in [3.05, 3.63) is 231 Å². The predicted octanol–water partition coefficient (Wildman–Crippen LogP) is 14.7. The van der Waals surface area contributed by atoms with Crippen molar-refractivity contribution >= 4 is 54.5 Å². The molecular formula is C59H38N6. The van der Waals surface area contributed by atoms with Crippen LogP contribution in [0.2, 0.25) is 0 Å². The third-order valence-corrected chi connectivity index (χ3v) is 12.7. The summed E-state index contributed by atoms with van der Waals surface area (Å²) in [5, 5.41) is 6.04. The summed E-state index contributed by atoms with van der Waals surface area (Å²) in [6, 6.07) is 79.6. The van der Waals surface area contributed by atoms with Gasteiger partial charge in [0.1, 0.15) is 0 Å². The molecular weight excluding hydrogens is 793 g/mol. The zero-order valence-corrected chi connectivity index (χ0v) is 35.1. The third-order valence-electron chi connectivity index (χ3n) is 12.7. The molecule has 0 N–H and O–H groups in total. The maximum absolute atomic E-state index is 5.05. The summed E-state index contributed by atoms with van der Waals surface area (Å²) in [5.74, 6) is 1.91. The molecule has 0 unspecified atom stereocenters. The van der Waals surface area contributed by atoms with Gasteiger partial charge in [0.15, 0.2) is 17.5 Å². The molecule has 0 saturated heterocycles. The summed E-state index contributed by atoms with van der Waals surface area (Å²) in [5.41, 5.74) is 14.1. The number of benzene rings is 9. The van der Waals surface area contributed by atoms with Crippen LogP contribution in [0.3, 0.4) is 0 Å². The highest BCUT2D eigenvalue weighted by Crippen LogP contribution is 2.42. The van der Waals surface area contributed by atoms with Crippen LogP contribution in [0, 0.1) is 0 Å². The van der Waals surface area contributed by atoms with E-state index in [1.807, 2.05) is 60.7 Å². The molecule has 0 aliphatic heterocycles. The number of para-hydroxylation sites is 3. The first-order chi connectivity index (χ1) is 32.2. The lowest BCUT2D eigenvalue weighted by Gasteiger charge is -2.13. The van der Waals surface area contributed by atoms with Crippen molar-refractivity contribution in [2.45, 2.75) is 0 Å². The highest BCUT2D eigenvalue weighted by atomic mass is 15.0. The van der Waals surface area contributed by atoms with Gasteiger partial charge in [0.2, 0.25) is 0 Å². The van der Waals surface area contributed by atoms with Crippen molar-refractivity contribution < 1.29 is 0 Å². The maximum Gasteiger partial charge on any atom is 0.164 e. The van der Waals surface area contributed by atoms with Crippen LogP contribution >= 0.6 is 0 Å². The Kier molecular flexibility index (Phi) is 8.42. The molecule has 0 aliphatic rings. The number of aromatic nitrogens is 6. The van der Waals surface area contributed by atoms with Crippen molar-refractivity contribution in [3.63, 3.8) is 0 Å². The molecule has 13 rings (SSSR count). The molecule has 6 nitrogen and oxygen atoms in total. The molecule has 0 fully saturated rings. The largest absolute Gasteiger partial charge is 0.317 e. The van der Waals surface area contributed by atoms with E-state index in [1.165, 1.54) is 43.5 Å². The van der Waals surface area contributed by atoms with E-state index in [0.717, 1.165) is 55.9 Å². The fourth-order valence-electron chi connectivity index (χ4n) is 9.65. The molecule has 4 heterocycles. The van der Waals surface area contributed by atoms with Crippen LogP contribution in [0.4, 0.5) is 0 Å². The molecule has 13 aromatic rings. The van der Waals surface area contributed by atoms with Crippen molar-refractivity contribution in [2.75, 3.05) is 0 Å². The smallest absolute Gasteiger partial charge is 0.164 e. The van der Waals surface area contributed by atoms with Gasteiger partial charge in [-0.1, -0.05) is 146 Å². The molecule has 304 valence electrons. The number of rotatable bonds is 7. The fraction of sp³-hybridized carbons (Fsp3) is 0. The van der Waals surface area contributed by atoms with E-state index < -0.39 is 0 Å². The highest BCUT2D eigenvalue weighted by Gasteiger charge is 2.21. The minimum Gasteiger partial charge on any atom is -0.317 e. The monoisotopic (exact) mass is 830 g/mol. The maximum atomic E-state index is 5.05. The second-order valence-corrected chi connectivity index (χ2v) is 16.5. The molecule has 0 bridgehead atoms. The SMILES string of the molecule is c1ccc(-c2nc(-c3ccccc3)nc(-c3cccc(-c4cccc(-n5c6cc7ccn(-c8ccccc8)c7cc6c6cc7c8ccccc8n(-c8ccccc8)c7cc65)c4)c3)n2)cc1. The van der Waals surface area contributed by atoms with Crippen LogP contribution in [-0.2, 0) is 0 Å². The molecule has 0 amide bonds. The molecule has 6 heteroatoms. The van der Waals surface area contributed by atoms with Gasteiger partial charge in [0.05, 0.1) is 27.6 Å². The summed E-state index contributed by atoms with van der Waals surface area (Å²) in [6.45, 7) is 0. The Bertz CT molecular complexity index is 3870. The molecule has 0 aliphatic carbocycles. The van der Waals surface area contributed by atoms with Gasteiger partial charge in [0, 0.05) is 66.9 Å². The van der Waals surface area contributed by atoms with Gasteiger partial charge in [-0.25, -0.2) is 15.0 Å². The molecule has 4 aromatic heterocycles. The summed E-state index contributed by atoms with van der Waals surface area (Å²) in [6.07, 6.45) is 2.18. The Morgan fingerprint density at radius 2 is 0.738 bits per heavy atom. The van der Waals surface area contributed by atoms with Crippen molar-refractivity contribution in [2.24, 2.45) is 0 Å². The fourth-order valence-corrected chi connectivity index (χ4v) is 9.65. The second kappa shape index (κ2) is 14.9. The van der Waals surface area contributed by atoms with E-state index in [-0.39, 0.29) is 0 Å². The Balaban J connectivity index is 1.02. The van der Waals surface area contributed by atoms with E-state index in [4.69, 9.17) is 15.0 Å². The van der Waals surface area contributed by atoms with Crippen molar-refractivity contribution in [3.8, 4) is 62.4 Å². The van der Waals surface area contributed by atoms with Gasteiger partial charge in [-0.15, -0.1) is 0 Å². The molecule has 9 aromatic carbocycles. The Morgan fingerprint density at radius 3 is 1.43 bits per heavy atom. The summed E-state index contributed by atoms with van der Waals surface area (Å²) < 4.78 is 7.15. The average Bonchev–Trinajstić information content (AvgIpc) is 4.05. The van der Waals surface area contributed by atoms with Crippen molar-refractivity contribution in [1.82, 2.24) is 28.7 Å². The zero-order valence-electron chi connectivity index (χ0n) is 35.1. The molecule has 65 heavy (non-hydrogen) atoms. The van der Waals surface area contributed by atoms with E-state index >= 15 is 0 Å². The van der Waals surface area contributed by atoms with Crippen LogP contribution in [0.25, 0.3) is 117 Å². The Labute approximate surface area is 374 Å². The van der Waals surface area contributed by atoms with E-state index in [0.29, 0.717) is 17.5 Å². The van der Waals surface area contributed by atoms with Crippen LogP contribution < -0.4 is 0 Å². The predicted molar refractivity (Wildman–Crippen MR) is 267 cm³/mol. The molecule has 0 radical (unpaired) electrons. The third kappa shape index (κ3) is 6.15. The second-order valence-electron chi connectivity index (χ2n) is 16.5. The summed E-state index contributed by atoms with van der Waals surface area (Å²) in [7, 11) is 0. The van der Waals surface area contributed by atoms with Crippen LogP contribution in [0.1, 0.15) is 0 Å². The van der Waals surface area contributed by atoms with Crippen molar-refractivity contribution in [1.29, 1.82) is 0 Å². The van der Waals surface area contributed by atoms with Crippen LogP contribution in [0.15, 0.2) is 231 Å². The Hall–Kier alpha value is -8.87. The summed E-state index contributed by atoms with van der Waals surface area (Å²) >= 11 is 0. The number of nitrogens with zero attached hydrogens (tertiary/aromatic N) is 6. The van der Waals surface area contributed by atoms with Gasteiger partial charge in [-0.3, -0.25) is 0 Å². The Morgan fingerprint density at radius 1 is 0.262 bits per heavy atom. The van der Waals surface area contributed by atoms with Gasteiger partial charge in [-0.05, 0) is 90.0 Å². The van der Waals surface area contributed by atoms with Gasteiger partial charge in [-0.2, -0.15) is 0 Å². The van der Waals surface area contributed by atoms with Gasteiger partial charge >= 0.3 is 0 Å². The topological polar surface area (TPSA) is 53.5 Å². The first-order valence-corrected chi connectivity index (χ1v) is 21.9. The first kappa shape index (κ1) is 36.8. The van der Waals surface area contributed by atoms with E-state index in [2.05, 4.69) is 184 Å². The lowest BCUT2D eigenvalue weighted by atomic mass is 10.0. The zero-order chi connectivity index (χ0) is 42.8. The van der Waals surface area contributed by atoms with E-state index in [1.54, 1.807) is 0 Å². The van der Waals surface area contributed by atoms with E-state index in [9.17, 15) is 0 Å². The first-order valence-electron chi connectivity index (χ1n) is 21.9. The normalized spacial score (nSPS) is 11.7. The standard InChI is InChI=1S/C59H38N6/c1-5-17-39(18-6-1)57-60-58(40-19-7-2-8-20-40)62-59(61-57)44-23-15-21-41(33-44)42-22-16-28-47(34-42)65-54-35-43-31-32-63(45-24-9-3-10-25-45)53(43)37-51(54)50-36-49-48-29-13-14-30-52(48)64(55(49)38-56(50)65)46-26-11-4-12-27-46/h1-38H. The van der Waals surface area contributed by atoms with Crippen LogP contribution in [0.5, 0.6) is 0 Å². The van der Waals surface area contributed by atoms with Crippen LogP contribution in [-0.4, -0.2) is 28.7 Å². The summed E-state index contributed by atoms with van der Waals surface area (Å²) in [4.78, 5) is 15.0. The quantitative estimate of drug-likeness (QED) is 0.161. The average molecular weight is 831 g/mol.